The Morgan fingerprint density at radius 2 is 1.69 bits per heavy atom. The highest BCUT2D eigenvalue weighted by Gasteiger charge is 2.30. The molecule has 0 unspecified atom stereocenters. The summed E-state index contributed by atoms with van der Waals surface area (Å²) in [6.07, 6.45) is -3.55. The van der Waals surface area contributed by atoms with Crippen LogP contribution in [0.25, 0.3) is 0 Å². The second-order valence-electron chi connectivity index (χ2n) is 6.93. The van der Waals surface area contributed by atoms with Crippen molar-refractivity contribution in [3.05, 3.63) is 65.2 Å². The van der Waals surface area contributed by atoms with Gasteiger partial charge < -0.3 is 10.2 Å². The molecule has 0 saturated carbocycles. The van der Waals surface area contributed by atoms with Crippen molar-refractivity contribution in [2.45, 2.75) is 19.1 Å². The molecule has 1 fully saturated rings. The van der Waals surface area contributed by atoms with E-state index < -0.39 is 11.7 Å². The summed E-state index contributed by atoms with van der Waals surface area (Å²) < 4.78 is 38.0. The number of carbonyl (C=O) groups excluding carboxylic acids is 1. The van der Waals surface area contributed by atoms with E-state index in [2.05, 4.69) is 10.2 Å². The van der Waals surface area contributed by atoms with Crippen molar-refractivity contribution in [1.29, 1.82) is 5.26 Å². The average molecular weight is 402 g/mol. The molecule has 152 valence electrons. The smallest absolute Gasteiger partial charge is 0.323 e. The van der Waals surface area contributed by atoms with Crippen molar-refractivity contribution >= 4 is 11.7 Å². The summed E-state index contributed by atoms with van der Waals surface area (Å²) in [7, 11) is 0. The Morgan fingerprint density at radius 3 is 2.31 bits per heavy atom. The topological polar surface area (TPSA) is 59.4 Å². The molecule has 0 bridgehead atoms. The van der Waals surface area contributed by atoms with Crippen LogP contribution in [0.2, 0.25) is 0 Å². The molecule has 5 nitrogen and oxygen atoms in total. The SMILES string of the molecule is N#Cc1ccc(NC(=O)N2CCCN(Cc3ccc(C(F)(F)F)cc3)CC2)cc1. The first-order valence-electron chi connectivity index (χ1n) is 9.30. The van der Waals surface area contributed by atoms with Gasteiger partial charge in [-0.3, -0.25) is 4.90 Å². The molecule has 0 radical (unpaired) electrons. The van der Waals surface area contributed by atoms with Crippen LogP contribution in [0, 0.1) is 11.3 Å². The lowest BCUT2D eigenvalue weighted by Crippen LogP contribution is -2.38. The Balaban J connectivity index is 1.53. The molecule has 2 aromatic rings. The van der Waals surface area contributed by atoms with Gasteiger partial charge in [-0.1, -0.05) is 12.1 Å². The van der Waals surface area contributed by atoms with Gasteiger partial charge >= 0.3 is 12.2 Å². The lowest BCUT2D eigenvalue weighted by Gasteiger charge is -2.22. The number of urea groups is 1. The lowest BCUT2D eigenvalue weighted by atomic mass is 10.1. The number of nitriles is 1. The van der Waals surface area contributed by atoms with Crippen LogP contribution >= 0.6 is 0 Å². The van der Waals surface area contributed by atoms with Gasteiger partial charge in [-0.05, 0) is 48.4 Å². The second kappa shape index (κ2) is 8.97. The van der Waals surface area contributed by atoms with E-state index in [0.717, 1.165) is 30.7 Å². The average Bonchev–Trinajstić information content (AvgIpc) is 2.94. The van der Waals surface area contributed by atoms with Crippen molar-refractivity contribution < 1.29 is 18.0 Å². The van der Waals surface area contributed by atoms with Crippen LogP contribution in [0.4, 0.5) is 23.7 Å². The van der Waals surface area contributed by atoms with Crippen LogP contribution in [0.1, 0.15) is 23.1 Å². The van der Waals surface area contributed by atoms with Crippen molar-refractivity contribution in [3.8, 4) is 6.07 Å². The van der Waals surface area contributed by atoms with Crippen LogP contribution in [-0.2, 0) is 12.7 Å². The molecule has 0 aromatic heterocycles. The molecule has 1 saturated heterocycles. The van der Waals surface area contributed by atoms with E-state index in [1.807, 2.05) is 6.07 Å². The Labute approximate surface area is 167 Å². The summed E-state index contributed by atoms with van der Waals surface area (Å²) in [5, 5.41) is 11.7. The van der Waals surface area contributed by atoms with Crippen molar-refractivity contribution in [1.82, 2.24) is 9.80 Å². The molecule has 2 amide bonds. The highest BCUT2D eigenvalue weighted by Crippen LogP contribution is 2.29. The molecule has 1 N–H and O–H groups in total. The van der Waals surface area contributed by atoms with Crippen molar-refractivity contribution in [2.24, 2.45) is 0 Å². The number of carbonyl (C=O) groups is 1. The fraction of sp³-hybridized carbons (Fsp3) is 0.333. The molecule has 1 aliphatic heterocycles. The van der Waals surface area contributed by atoms with E-state index in [9.17, 15) is 18.0 Å². The fourth-order valence-electron chi connectivity index (χ4n) is 3.22. The predicted octanol–water partition coefficient (Wildman–Crippen LogP) is 4.32. The van der Waals surface area contributed by atoms with Crippen LogP contribution in [0.5, 0.6) is 0 Å². The maximum Gasteiger partial charge on any atom is 0.416 e. The van der Waals surface area contributed by atoms with Gasteiger partial charge in [0.15, 0.2) is 0 Å². The van der Waals surface area contributed by atoms with Gasteiger partial charge in [0.2, 0.25) is 0 Å². The van der Waals surface area contributed by atoms with E-state index in [1.165, 1.54) is 12.1 Å². The molecular formula is C21H21F3N4O. The predicted molar refractivity (Wildman–Crippen MR) is 103 cm³/mol. The Bertz CT molecular complexity index is 873. The van der Waals surface area contributed by atoms with Crippen LogP contribution in [0.3, 0.4) is 0 Å². The first-order valence-corrected chi connectivity index (χ1v) is 9.30. The van der Waals surface area contributed by atoms with Gasteiger partial charge in [0.05, 0.1) is 17.2 Å². The molecule has 1 aliphatic rings. The Morgan fingerprint density at radius 1 is 1.00 bits per heavy atom. The second-order valence-corrected chi connectivity index (χ2v) is 6.93. The number of hydrogen-bond acceptors (Lipinski definition) is 3. The van der Waals surface area contributed by atoms with Crippen molar-refractivity contribution in [2.75, 3.05) is 31.5 Å². The largest absolute Gasteiger partial charge is 0.416 e. The zero-order valence-corrected chi connectivity index (χ0v) is 15.7. The number of alkyl halides is 3. The molecule has 0 spiro atoms. The van der Waals surface area contributed by atoms with Gasteiger partial charge in [0, 0.05) is 38.4 Å². The van der Waals surface area contributed by atoms with Gasteiger partial charge in [-0.25, -0.2) is 4.79 Å². The Kier molecular flexibility index (Phi) is 6.39. The van der Waals surface area contributed by atoms with E-state index in [4.69, 9.17) is 5.26 Å². The third-order valence-corrected chi connectivity index (χ3v) is 4.83. The molecule has 1 heterocycles. The summed E-state index contributed by atoms with van der Waals surface area (Å²) in [5.74, 6) is 0. The quantitative estimate of drug-likeness (QED) is 0.832. The standard InChI is InChI=1S/C21H21F3N4O/c22-21(23,24)18-6-2-17(3-7-18)15-27-10-1-11-28(13-12-27)20(29)26-19-8-4-16(14-25)5-9-19/h2-9H,1,10-13,15H2,(H,26,29). The lowest BCUT2D eigenvalue weighted by molar-refractivity contribution is -0.137. The number of nitrogens with zero attached hydrogens (tertiary/aromatic N) is 3. The minimum absolute atomic E-state index is 0.203. The van der Waals surface area contributed by atoms with E-state index >= 15 is 0 Å². The molecule has 3 rings (SSSR count). The maximum atomic E-state index is 12.7. The first-order chi connectivity index (χ1) is 13.8. The number of benzene rings is 2. The molecule has 0 atom stereocenters. The maximum absolute atomic E-state index is 12.7. The monoisotopic (exact) mass is 402 g/mol. The third kappa shape index (κ3) is 5.72. The van der Waals surface area contributed by atoms with E-state index in [0.29, 0.717) is 37.4 Å². The number of amides is 2. The summed E-state index contributed by atoms with van der Waals surface area (Å²) in [6, 6.07) is 13.7. The Hall–Kier alpha value is -3.05. The van der Waals surface area contributed by atoms with E-state index in [-0.39, 0.29) is 6.03 Å². The highest BCUT2D eigenvalue weighted by atomic mass is 19.4. The zero-order valence-electron chi connectivity index (χ0n) is 15.7. The fourth-order valence-corrected chi connectivity index (χ4v) is 3.22. The minimum atomic E-state index is -4.33. The molecule has 0 aliphatic carbocycles. The van der Waals surface area contributed by atoms with Crippen LogP contribution in [-0.4, -0.2) is 42.0 Å². The van der Waals surface area contributed by atoms with E-state index in [1.54, 1.807) is 29.2 Å². The highest BCUT2D eigenvalue weighted by molar-refractivity contribution is 5.89. The van der Waals surface area contributed by atoms with Gasteiger partial charge in [-0.2, -0.15) is 18.4 Å². The summed E-state index contributed by atoms with van der Waals surface area (Å²) in [6.45, 7) is 3.08. The van der Waals surface area contributed by atoms with Gasteiger partial charge in [0.1, 0.15) is 0 Å². The van der Waals surface area contributed by atoms with Crippen molar-refractivity contribution in [3.63, 3.8) is 0 Å². The normalized spacial score (nSPS) is 15.4. The summed E-state index contributed by atoms with van der Waals surface area (Å²) in [4.78, 5) is 16.4. The number of rotatable bonds is 3. The number of nitrogens with one attached hydrogen (secondary N) is 1. The molecule has 29 heavy (non-hydrogen) atoms. The van der Waals surface area contributed by atoms with Crippen LogP contribution in [0.15, 0.2) is 48.5 Å². The first kappa shape index (κ1) is 20.7. The molecule has 8 heteroatoms. The molecule has 2 aromatic carbocycles. The zero-order chi connectivity index (χ0) is 20.9. The summed E-state index contributed by atoms with van der Waals surface area (Å²) in [5.41, 5.74) is 1.31. The van der Waals surface area contributed by atoms with Gasteiger partial charge in [-0.15, -0.1) is 0 Å². The number of hydrogen-bond donors (Lipinski definition) is 1. The third-order valence-electron chi connectivity index (χ3n) is 4.83. The number of halogens is 3. The number of anilines is 1. The van der Waals surface area contributed by atoms with Gasteiger partial charge in [0.25, 0.3) is 0 Å². The van der Waals surface area contributed by atoms with Crippen LogP contribution < -0.4 is 5.32 Å². The molecular weight excluding hydrogens is 381 g/mol. The summed E-state index contributed by atoms with van der Waals surface area (Å²) >= 11 is 0. The minimum Gasteiger partial charge on any atom is -0.323 e.